The van der Waals surface area contributed by atoms with Gasteiger partial charge in [-0.05, 0) is 108 Å². The molecular weight excluding hydrogens is 621 g/mol. The number of para-hydroxylation sites is 6. The zero-order valence-corrected chi connectivity index (χ0v) is 27.6. The first kappa shape index (κ1) is 28.0. The maximum Gasteiger partial charge on any atom is 0.145 e. The van der Waals surface area contributed by atoms with Gasteiger partial charge in [-0.2, -0.15) is 0 Å². The van der Waals surface area contributed by atoms with E-state index in [0.717, 1.165) is 33.8 Å². The summed E-state index contributed by atoms with van der Waals surface area (Å²) in [5.41, 5.74) is 11.3. The van der Waals surface area contributed by atoms with Crippen LogP contribution >= 0.6 is 0 Å². The molecule has 3 aromatic heterocycles. The topological polar surface area (TPSA) is 27.7 Å². The molecule has 11 rings (SSSR count). The molecule has 51 heavy (non-hydrogen) atoms. The molecular formula is C47H30N4. The quantitative estimate of drug-likeness (QED) is 0.186. The number of aromatic nitrogens is 4. The summed E-state index contributed by atoms with van der Waals surface area (Å²) in [5.74, 6) is 0.931. The van der Waals surface area contributed by atoms with Crippen LogP contribution in [0.15, 0.2) is 182 Å². The standard InChI is InChI=1S/C47H30N4/c1-3-13-34(14-4-1)49-42-20-10-7-17-37(42)39-27-32-28-40-38-18-8-11-21-43(38)50(46(40)30-33(32)29-45(39)49)36-25-23-31(24-26-36)47-48-41-19-9-12-22-44(41)51(47)35-15-5-2-6-16-35/h1-30H. The van der Waals surface area contributed by atoms with Crippen molar-refractivity contribution in [3.63, 3.8) is 0 Å². The molecule has 238 valence electrons. The van der Waals surface area contributed by atoms with Crippen LogP contribution in [0.1, 0.15) is 0 Å². The molecule has 4 nitrogen and oxygen atoms in total. The van der Waals surface area contributed by atoms with Gasteiger partial charge in [0.2, 0.25) is 0 Å². The minimum absolute atomic E-state index is 0.931. The molecule has 0 saturated heterocycles. The van der Waals surface area contributed by atoms with Gasteiger partial charge in [-0.25, -0.2) is 4.98 Å². The smallest absolute Gasteiger partial charge is 0.145 e. The molecule has 0 aliphatic carbocycles. The van der Waals surface area contributed by atoms with E-state index in [2.05, 4.69) is 196 Å². The summed E-state index contributed by atoms with van der Waals surface area (Å²) in [7, 11) is 0. The highest BCUT2D eigenvalue weighted by Gasteiger charge is 2.18. The zero-order chi connectivity index (χ0) is 33.5. The molecule has 0 unspecified atom stereocenters. The van der Waals surface area contributed by atoms with Crippen LogP contribution in [0, 0.1) is 0 Å². The van der Waals surface area contributed by atoms with Gasteiger partial charge < -0.3 is 9.13 Å². The van der Waals surface area contributed by atoms with Gasteiger partial charge in [0.25, 0.3) is 0 Å². The van der Waals surface area contributed by atoms with E-state index in [9.17, 15) is 0 Å². The molecule has 0 radical (unpaired) electrons. The Morgan fingerprint density at radius 2 is 0.765 bits per heavy atom. The third-order valence-corrected chi connectivity index (χ3v) is 10.4. The van der Waals surface area contributed by atoms with Gasteiger partial charge in [0, 0.05) is 44.2 Å². The highest BCUT2D eigenvalue weighted by atomic mass is 15.1. The predicted octanol–water partition coefficient (Wildman–Crippen LogP) is 12.0. The average molecular weight is 651 g/mol. The molecule has 0 aliphatic heterocycles. The Balaban J connectivity index is 1.12. The van der Waals surface area contributed by atoms with Crippen molar-refractivity contribution in [2.75, 3.05) is 0 Å². The molecule has 0 amide bonds. The van der Waals surface area contributed by atoms with Crippen LogP contribution < -0.4 is 0 Å². The molecule has 8 aromatic carbocycles. The summed E-state index contributed by atoms with van der Waals surface area (Å²) in [6, 6.07) is 65.4. The maximum atomic E-state index is 5.11. The van der Waals surface area contributed by atoms with Crippen LogP contribution in [0.5, 0.6) is 0 Å². The zero-order valence-electron chi connectivity index (χ0n) is 27.6. The van der Waals surface area contributed by atoms with Crippen LogP contribution in [0.2, 0.25) is 0 Å². The summed E-state index contributed by atoms with van der Waals surface area (Å²) in [4.78, 5) is 5.11. The number of imidazole rings is 1. The highest BCUT2D eigenvalue weighted by molar-refractivity contribution is 6.18. The second kappa shape index (κ2) is 10.8. The van der Waals surface area contributed by atoms with Crippen LogP contribution in [0.25, 0.3) is 93.9 Å². The number of nitrogens with zero attached hydrogens (tertiary/aromatic N) is 4. The van der Waals surface area contributed by atoms with E-state index < -0.39 is 0 Å². The lowest BCUT2D eigenvalue weighted by Crippen LogP contribution is -1.98. The molecule has 0 bridgehead atoms. The summed E-state index contributed by atoms with van der Waals surface area (Å²) < 4.78 is 7.06. The van der Waals surface area contributed by atoms with Crippen molar-refractivity contribution in [1.29, 1.82) is 0 Å². The molecule has 0 N–H and O–H groups in total. The first-order valence-corrected chi connectivity index (χ1v) is 17.4. The lowest BCUT2D eigenvalue weighted by Gasteiger charge is -2.12. The second-order valence-electron chi connectivity index (χ2n) is 13.3. The van der Waals surface area contributed by atoms with Crippen LogP contribution in [0.3, 0.4) is 0 Å². The monoisotopic (exact) mass is 650 g/mol. The predicted molar refractivity (Wildman–Crippen MR) is 213 cm³/mol. The lowest BCUT2D eigenvalue weighted by atomic mass is 10.0. The molecule has 3 heterocycles. The first-order valence-electron chi connectivity index (χ1n) is 17.4. The van der Waals surface area contributed by atoms with Crippen molar-refractivity contribution in [3.05, 3.63) is 182 Å². The van der Waals surface area contributed by atoms with Gasteiger partial charge in [0.15, 0.2) is 0 Å². The average Bonchev–Trinajstić information content (AvgIpc) is 3.84. The fourth-order valence-electron chi connectivity index (χ4n) is 8.13. The molecule has 0 saturated carbocycles. The SMILES string of the molecule is c1ccc(-n2c(-c3ccc(-n4c5ccccc5c5cc6cc7c8ccccc8n(-c8ccccc8)c7cc6cc54)cc3)nc3ccccc32)cc1. The molecule has 4 heteroatoms. The Morgan fingerprint density at radius 1 is 0.314 bits per heavy atom. The Kier molecular flexibility index (Phi) is 5.92. The van der Waals surface area contributed by atoms with Crippen LogP contribution in [-0.2, 0) is 0 Å². The fraction of sp³-hybridized carbons (Fsp3) is 0. The fourth-order valence-corrected chi connectivity index (χ4v) is 8.13. The lowest BCUT2D eigenvalue weighted by molar-refractivity contribution is 1.10. The summed E-state index contributed by atoms with van der Waals surface area (Å²) in [6.07, 6.45) is 0. The van der Waals surface area contributed by atoms with Crippen molar-refractivity contribution < 1.29 is 0 Å². The third-order valence-electron chi connectivity index (χ3n) is 10.4. The normalized spacial score (nSPS) is 11.9. The van der Waals surface area contributed by atoms with Gasteiger partial charge >= 0.3 is 0 Å². The Bertz CT molecular complexity index is 3110. The summed E-state index contributed by atoms with van der Waals surface area (Å²) >= 11 is 0. The van der Waals surface area contributed by atoms with Gasteiger partial charge in [-0.1, -0.05) is 84.9 Å². The molecule has 0 spiro atoms. The molecule has 0 atom stereocenters. The number of benzene rings is 8. The van der Waals surface area contributed by atoms with Crippen molar-refractivity contribution >= 4 is 65.4 Å². The Labute approximate surface area is 293 Å². The Hall–Kier alpha value is -6.91. The van der Waals surface area contributed by atoms with Gasteiger partial charge in [-0.3, -0.25) is 4.57 Å². The second-order valence-corrected chi connectivity index (χ2v) is 13.3. The highest BCUT2D eigenvalue weighted by Crippen LogP contribution is 2.39. The van der Waals surface area contributed by atoms with E-state index >= 15 is 0 Å². The van der Waals surface area contributed by atoms with Gasteiger partial charge in [-0.15, -0.1) is 0 Å². The number of hydrogen-bond donors (Lipinski definition) is 0. The van der Waals surface area contributed by atoms with Crippen molar-refractivity contribution in [3.8, 4) is 28.5 Å². The molecule has 0 fully saturated rings. The van der Waals surface area contributed by atoms with E-state index in [0.29, 0.717) is 0 Å². The molecule has 11 aromatic rings. The molecule has 0 aliphatic rings. The van der Waals surface area contributed by atoms with Crippen LogP contribution in [-0.4, -0.2) is 18.7 Å². The van der Waals surface area contributed by atoms with Crippen molar-refractivity contribution in [2.45, 2.75) is 0 Å². The first-order chi connectivity index (χ1) is 25.3. The number of fused-ring (bicyclic) bond motifs is 8. The minimum Gasteiger partial charge on any atom is -0.309 e. The number of hydrogen-bond acceptors (Lipinski definition) is 1. The van der Waals surface area contributed by atoms with E-state index in [1.165, 1.54) is 60.1 Å². The number of rotatable bonds is 4. The van der Waals surface area contributed by atoms with Gasteiger partial charge in [0.1, 0.15) is 5.82 Å². The van der Waals surface area contributed by atoms with E-state index in [-0.39, 0.29) is 0 Å². The largest absolute Gasteiger partial charge is 0.309 e. The third kappa shape index (κ3) is 4.17. The van der Waals surface area contributed by atoms with E-state index in [1.807, 2.05) is 0 Å². The summed E-state index contributed by atoms with van der Waals surface area (Å²) in [5, 5.41) is 7.48. The van der Waals surface area contributed by atoms with E-state index in [4.69, 9.17) is 4.98 Å². The summed E-state index contributed by atoms with van der Waals surface area (Å²) in [6.45, 7) is 0. The van der Waals surface area contributed by atoms with Crippen molar-refractivity contribution in [2.24, 2.45) is 0 Å². The Morgan fingerprint density at radius 3 is 1.35 bits per heavy atom. The van der Waals surface area contributed by atoms with Crippen LogP contribution in [0.4, 0.5) is 0 Å². The van der Waals surface area contributed by atoms with Crippen molar-refractivity contribution in [1.82, 2.24) is 18.7 Å². The van der Waals surface area contributed by atoms with E-state index in [1.54, 1.807) is 0 Å². The minimum atomic E-state index is 0.931. The van der Waals surface area contributed by atoms with Gasteiger partial charge in [0.05, 0.1) is 33.1 Å². The maximum absolute atomic E-state index is 5.11.